The van der Waals surface area contributed by atoms with Gasteiger partial charge in [-0.2, -0.15) is 0 Å². The fraction of sp³-hybridized carbons (Fsp3) is 0.467. The Hall–Kier alpha value is -0.940. The lowest BCUT2D eigenvalue weighted by Gasteiger charge is -2.32. The molecule has 4 heteroatoms. The molecule has 2 heterocycles. The molecule has 0 saturated carbocycles. The second kappa shape index (κ2) is 5.21. The Bertz CT molecular complexity index is 558. The first-order chi connectivity index (χ1) is 9.17. The highest BCUT2D eigenvalue weighted by atomic mass is 32.1. The van der Waals surface area contributed by atoms with Gasteiger partial charge in [-0.3, -0.25) is 0 Å². The van der Waals surface area contributed by atoms with E-state index < -0.39 is 5.60 Å². The van der Waals surface area contributed by atoms with Crippen molar-refractivity contribution in [2.75, 3.05) is 19.8 Å². The predicted molar refractivity (Wildman–Crippen MR) is 78.6 cm³/mol. The summed E-state index contributed by atoms with van der Waals surface area (Å²) in [6.45, 7) is 4.21. The van der Waals surface area contributed by atoms with E-state index in [2.05, 4.69) is 22.8 Å². The summed E-state index contributed by atoms with van der Waals surface area (Å²) >= 11 is 1.69. The van der Waals surface area contributed by atoms with Crippen LogP contribution in [-0.4, -0.2) is 30.9 Å². The summed E-state index contributed by atoms with van der Waals surface area (Å²) in [4.78, 5) is 0. The molecule has 1 aromatic heterocycles. The van der Waals surface area contributed by atoms with Gasteiger partial charge in [-0.15, -0.1) is 11.3 Å². The molecule has 3 nitrogen and oxygen atoms in total. The van der Waals surface area contributed by atoms with Crippen molar-refractivity contribution in [2.45, 2.75) is 25.0 Å². The van der Waals surface area contributed by atoms with E-state index in [1.54, 1.807) is 11.3 Å². The van der Waals surface area contributed by atoms with E-state index >= 15 is 0 Å². The molecular formula is C15H19NO2S. The molecule has 102 valence electrons. The number of morpholine rings is 1. The van der Waals surface area contributed by atoms with Crippen molar-refractivity contribution in [3.05, 3.63) is 35.2 Å². The van der Waals surface area contributed by atoms with Gasteiger partial charge >= 0.3 is 0 Å². The molecule has 3 rings (SSSR count). The van der Waals surface area contributed by atoms with E-state index in [4.69, 9.17) is 4.74 Å². The van der Waals surface area contributed by atoms with Crippen molar-refractivity contribution in [1.29, 1.82) is 0 Å². The third kappa shape index (κ3) is 2.67. The van der Waals surface area contributed by atoms with E-state index in [1.807, 2.05) is 19.1 Å². The first kappa shape index (κ1) is 13.1. The van der Waals surface area contributed by atoms with Crippen LogP contribution in [0.1, 0.15) is 18.9 Å². The minimum Gasteiger partial charge on any atom is -0.385 e. The van der Waals surface area contributed by atoms with Gasteiger partial charge < -0.3 is 15.2 Å². The maximum atomic E-state index is 10.9. The molecule has 2 aromatic rings. The highest BCUT2D eigenvalue weighted by Gasteiger charge is 2.30. The fourth-order valence-electron chi connectivity index (χ4n) is 2.76. The minimum absolute atomic E-state index is 0.221. The van der Waals surface area contributed by atoms with Crippen LogP contribution in [0.5, 0.6) is 0 Å². The van der Waals surface area contributed by atoms with E-state index in [0.29, 0.717) is 13.0 Å². The van der Waals surface area contributed by atoms with Crippen LogP contribution in [0.2, 0.25) is 0 Å². The first-order valence-corrected chi connectivity index (χ1v) is 7.55. The van der Waals surface area contributed by atoms with Crippen LogP contribution in [-0.2, 0) is 10.3 Å². The van der Waals surface area contributed by atoms with Crippen molar-refractivity contribution < 1.29 is 9.84 Å². The molecule has 0 amide bonds. The van der Waals surface area contributed by atoms with Crippen molar-refractivity contribution in [1.82, 2.24) is 5.32 Å². The van der Waals surface area contributed by atoms with Gasteiger partial charge in [0.15, 0.2) is 0 Å². The van der Waals surface area contributed by atoms with Crippen LogP contribution >= 0.6 is 11.3 Å². The molecule has 1 aliphatic rings. The average molecular weight is 277 g/mol. The number of fused-ring (bicyclic) bond motifs is 1. The van der Waals surface area contributed by atoms with Gasteiger partial charge in [0.05, 0.1) is 18.8 Å². The highest BCUT2D eigenvalue weighted by Crippen LogP contribution is 2.35. The van der Waals surface area contributed by atoms with Crippen molar-refractivity contribution in [3.8, 4) is 0 Å². The monoisotopic (exact) mass is 277 g/mol. The molecule has 2 N–H and O–H groups in total. The SMILES string of the molecule is CC(O)(CC1COCCN1)c1cccc2ccsc12. The Balaban J connectivity index is 1.88. The van der Waals surface area contributed by atoms with Gasteiger partial charge in [-0.05, 0) is 30.2 Å². The molecule has 1 aliphatic heterocycles. The second-order valence-electron chi connectivity index (χ2n) is 5.35. The number of ether oxygens (including phenoxy) is 1. The Labute approximate surface area is 117 Å². The third-order valence-electron chi connectivity index (χ3n) is 3.70. The number of hydrogen-bond donors (Lipinski definition) is 2. The van der Waals surface area contributed by atoms with E-state index in [-0.39, 0.29) is 6.04 Å². The minimum atomic E-state index is -0.831. The maximum absolute atomic E-state index is 10.9. The van der Waals surface area contributed by atoms with Crippen LogP contribution in [0.3, 0.4) is 0 Å². The fourth-order valence-corrected chi connectivity index (χ4v) is 3.80. The molecule has 0 radical (unpaired) electrons. The number of thiophene rings is 1. The van der Waals surface area contributed by atoms with Crippen LogP contribution in [0, 0.1) is 0 Å². The van der Waals surface area contributed by atoms with Crippen molar-refractivity contribution in [3.63, 3.8) is 0 Å². The smallest absolute Gasteiger partial charge is 0.0898 e. The molecule has 1 saturated heterocycles. The summed E-state index contributed by atoms with van der Waals surface area (Å²) in [5.74, 6) is 0. The largest absolute Gasteiger partial charge is 0.385 e. The number of rotatable bonds is 3. The Kier molecular flexibility index (Phi) is 3.58. The first-order valence-electron chi connectivity index (χ1n) is 6.67. The Morgan fingerprint density at radius 3 is 3.16 bits per heavy atom. The highest BCUT2D eigenvalue weighted by molar-refractivity contribution is 7.17. The van der Waals surface area contributed by atoms with E-state index in [0.717, 1.165) is 18.7 Å². The van der Waals surface area contributed by atoms with Crippen LogP contribution in [0.25, 0.3) is 10.1 Å². The summed E-state index contributed by atoms with van der Waals surface area (Å²) in [6.07, 6.45) is 0.671. The molecule has 1 fully saturated rings. The Morgan fingerprint density at radius 1 is 1.47 bits per heavy atom. The van der Waals surface area contributed by atoms with Gasteiger partial charge in [-0.25, -0.2) is 0 Å². The zero-order valence-corrected chi connectivity index (χ0v) is 11.9. The molecule has 2 unspecified atom stereocenters. The van der Waals surface area contributed by atoms with Gasteiger partial charge in [0.25, 0.3) is 0 Å². The summed E-state index contributed by atoms with van der Waals surface area (Å²) in [6, 6.07) is 8.46. The molecule has 0 spiro atoms. The quantitative estimate of drug-likeness (QED) is 0.905. The molecule has 1 aromatic carbocycles. The maximum Gasteiger partial charge on any atom is 0.0898 e. The average Bonchev–Trinajstić information content (AvgIpc) is 2.87. The number of nitrogens with one attached hydrogen (secondary N) is 1. The van der Waals surface area contributed by atoms with Gasteiger partial charge in [0, 0.05) is 22.8 Å². The summed E-state index contributed by atoms with van der Waals surface area (Å²) in [5, 5.41) is 17.6. The summed E-state index contributed by atoms with van der Waals surface area (Å²) in [7, 11) is 0. The van der Waals surface area contributed by atoms with Crippen molar-refractivity contribution in [2.24, 2.45) is 0 Å². The summed E-state index contributed by atoms with van der Waals surface area (Å²) < 4.78 is 6.65. The van der Waals surface area contributed by atoms with Crippen LogP contribution in [0.15, 0.2) is 29.6 Å². The number of aliphatic hydroxyl groups is 1. The number of hydrogen-bond acceptors (Lipinski definition) is 4. The molecule has 0 bridgehead atoms. The molecule has 2 atom stereocenters. The molecule has 19 heavy (non-hydrogen) atoms. The standard InChI is InChI=1S/C15H19NO2S/c1-15(17,9-12-10-18-7-6-16-12)13-4-2-3-11-5-8-19-14(11)13/h2-5,8,12,16-17H,6-7,9-10H2,1H3. The van der Waals surface area contributed by atoms with Gasteiger partial charge in [0.2, 0.25) is 0 Å². The topological polar surface area (TPSA) is 41.5 Å². The normalized spacial score (nSPS) is 23.4. The molecule has 0 aliphatic carbocycles. The van der Waals surface area contributed by atoms with E-state index in [9.17, 15) is 5.11 Å². The zero-order chi connectivity index (χ0) is 13.3. The van der Waals surface area contributed by atoms with Crippen LogP contribution < -0.4 is 5.32 Å². The lowest BCUT2D eigenvalue weighted by molar-refractivity contribution is 0.00423. The van der Waals surface area contributed by atoms with Gasteiger partial charge in [-0.1, -0.05) is 18.2 Å². The summed E-state index contributed by atoms with van der Waals surface area (Å²) in [5.41, 5.74) is 0.190. The van der Waals surface area contributed by atoms with Gasteiger partial charge in [0.1, 0.15) is 0 Å². The lowest BCUT2D eigenvalue weighted by atomic mass is 9.88. The third-order valence-corrected chi connectivity index (χ3v) is 4.67. The zero-order valence-electron chi connectivity index (χ0n) is 11.1. The predicted octanol–water partition coefficient (Wildman–Crippen LogP) is 2.49. The second-order valence-corrected chi connectivity index (χ2v) is 6.26. The van der Waals surface area contributed by atoms with Crippen molar-refractivity contribution >= 4 is 21.4 Å². The molecular weight excluding hydrogens is 258 g/mol. The number of benzene rings is 1. The lowest BCUT2D eigenvalue weighted by Crippen LogP contribution is -2.45. The Morgan fingerprint density at radius 2 is 2.37 bits per heavy atom. The van der Waals surface area contributed by atoms with Crippen LogP contribution in [0.4, 0.5) is 0 Å². The van der Waals surface area contributed by atoms with E-state index in [1.165, 1.54) is 10.1 Å².